The molecule has 215 valence electrons. The Morgan fingerprint density at radius 2 is 0.949 bits per heavy atom. The Bertz CT molecular complexity index is 1140. The number of halogens is 6. The molecule has 0 N–H and O–H groups in total. The van der Waals surface area contributed by atoms with Crippen molar-refractivity contribution in [3.05, 3.63) is 89.4 Å². The van der Waals surface area contributed by atoms with Gasteiger partial charge in [0.2, 0.25) is 0 Å². The third-order valence-electron chi connectivity index (χ3n) is 5.95. The van der Waals surface area contributed by atoms with Crippen LogP contribution >= 0.6 is 67.7 Å². The van der Waals surface area contributed by atoms with Crippen LogP contribution in [-0.2, 0) is 28.3 Å². The van der Waals surface area contributed by atoms with Crippen molar-refractivity contribution in [3.8, 4) is 0 Å². The average molecular weight is 753 g/mol. The number of nitrogens with zero attached hydrogens (tertiary/aromatic N) is 2. The van der Waals surface area contributed by atoms with Crippen LogP contribution in [0.4, 0.5) is 11.4 Å². The van der Waals surface area contributed by atoms with E-state index in [4.69, 9.17) is 80.3 Å². The molecule has 3 aromatic carbocycles. The van der Waals surface area contributed by atoms with E-state index in [1.807, 2.05) is 11.5 Å². The zero-order chi connectivity index (χ0) is 29.6. The fraction of sp³-hybridized carbons (Fsp3) is 0.310. The van der Waals surface area contributed by atoms with Gasteiger partial charge in [0.05, 0.1) is 15.1 Å². The first-order valence-electron chi connectivity index (χ1n) is 12.0. The zero-order valence-electron chi connectivity index (χ0n) is 22.8. The van der Waals surface area contributed by atoms with Crippen molar-refractivity contribution in [1.29, 1.82) is 0 Å². The summed E-state index contributed by atoms with van der Waals surface area (Å²) < 4.78 is 1.98. The summed E-state index contributed by atoms with van der Waals surface area (Å²) in [4.78, 5) is 5.03. The molecule has 0 amide bonds. The molecule has 0 saturated carbocycles. The van der Waals surface area contributed by atoms with Gasteiger partial charge in [0.25, 0.3) is 0 Å². The summed E-state index contributed by atoms with van der Waals surface area (Å²) in [5, 5.41) is 0.717. The molecule has 2 nitrogen and oxygen atoms in total. The van der Waals surface area contributed by atoms with Crippen LogP contribution in [0, 0.1) is 48.2 Å². The van der Waals surface area contributed by atoms with Gasteiger partial charge in [-0.3, -0.25) is 0 Å². The van der Waals surface area contributed by atoms with Gasteiger partial charge in [0.15, 0.2) is 0 Å². The van der Waals surface area contributed by atoms with Gasteiger partial charge < -0.3 is 22.4 Å². The Morgan fingerprint density at radius 1 is 0.667 bits per heavy atom. The van der Waals surface area contributed by atoms with Crippen LogP contribution in [-0.4, -0.2) is 17.7 Å². The second-order valence-corrected chi connectivity index (χ2v) is 13.8. The topological polar surface area (TPSA) is 6.48 Å². The normalized spacial score (nSPS) is 13.1. The molecule has 0 spiro atoms. The molecule has 10 heteroatoms. The summed E-state index contributed by atoms with van der Waals surface area (Å²) in [7, 11) is 5.22. The number of anilines is 2. The molecule has 3 aromatic rings. The van der Waals surface area contributed by atoms with E-state index >= 15 is 0 Å². The first-order chi connectivity index (χ1) is 18.2. The maximum absolute atomic E-state index is 5.70. The van der Waals surface area contributed by atoms with Crippen molar-refractivity contribution in [2.24, 2.45) is 0 Å². The Hall–Kier alpha value is -0.287. The first-order valence-corrected chi connectivity index (χ1v) is 17.5. The van der Waals surface area contributed by atoms with E-state index in [-0.39, 0.29) is 45.7 Å². The van der Waals surface area contributed by atoms with Crippen molar-refractivity contribution in [3.63, 3.8) is 0 Å². The van der Waals surface area contributed by atoms with Gasteiger partial charge in [0.1, 0.15) is 0 Å². The molecule has 39 heavy (non-hydrogen) atoms. The predicted octanol–water partition coefficient (Wildman–Crippen LogP) is 10.9. The van der Waals surface area contributed by atoms with Crippen molar-refractivity contribution in [2.75, 3.05) is 22.9 Å². The van der Waals surface area contributed by atoms with E-state index in [9.17, 15) is 0 Å². The molecule has 1 saturated heterocycles. The van der Waals surface area contributed by atoms with Crippen LogP contribution in [0.15, 0.2) is 29.2 Å². The minimum absolute atomic E-state index is 0.0867. The van der Waals surface area contributed by atoms with E-state index in [0.29, 0.717) is 0 Å². The minimum Gasteiger partial charge on any atom is -0.777 e. The van der Waals surface area contributed by atoms with Gasteiger partial charge in [-0.15, -0.1) is 4.90 Å². The van der Waals surface area contributed by atoms with E-state index in [0.717, 1.165) is 13.1 Å². The van der Waals surface area contributed by atoms with Crippen LogP contribution in [0.2, 0.25) is 25.1 Å². The molecule has 1 aliphatic rings. The Balaban J connectivity index is 0.000000279. The van der Waals surface area contributed by atoms with Crippen molar-refractivity contribution in [1.82, 2.24) is 0 Å². The van der Waals surface area contributed by atoms with Gasteiger partial charge in [-0.05, 0) is 63.8 Å². The number of aryl methyl sites for hydroxylation is 6. The fourth-order valence-corrected chi connectivity index (χ4v) is 6.13. The number of rotatable bonds is 2. The smallest absolute Gasteiger partial charge is 0.0807 e. The molecule has 4 rings (SSSR count). The third kappa shape index (κ3) is 8.85. The third-order valence-corrected chi connectivity index (χ3v) is 10.2. The van der Waals surface area contributed by atoms with E-state index in [1.54, 1.807) is 0 Å². The van der Waals surface area contributed by atoms with Crippen molar-refractivity contribution >= 4 is 96.3 Å². The number of hydrogen-bond acceptors (Lipinski definition) is 3. The summed E-state index contributed by atoms with van der Waals surface area (Å²) in [6, 6.07) is 9.12. The molecule has 1 aliphatic heterocycles. The van der Waals surface area contributed by atoms with Gasteiger partial charge in [-0.1, -0.05) is 93.4 Å². The molecule has 0 atom stereocenters. The molecule has 1 heterocycles. The van der Waals surface area contributed by atoms with Crippen LogP contribution in [0.3, 0.4) is 0 Å². The summed E-state index contributed by atoms with van der Waals surface area (Å²) >= 11 is 33.4. The number of hydrogen-bond donors (Lipinski definition) is 0. The maximum atomic E-state index is 5.70. The monoisotopic (exact) mass is 751 g/mol. The maximum Gasteiger partial charge on any atom is 0.0807 e. The largest absolute Gasteiger partial charge is 0.777 e. The SMILES string of the molecule is C[CH]=[Ru][Cl].Cc1cc(C)c(N2[CH-]N(c3c(C)cc(C)cc3C)CC2)c(C)c1.[S-]c1c(Cl)c(Cl)c(Cl)c(Cl)c1Cl. The van der Waals surface area contributed by atoms with E-state index in [2.05, 4.69) is 82.3 Å². The van der Waals surface area contributed by atoms with Crippen molar-refractivity contribution in [2.45, 2.75) is 53.4 Å². The van der Waals surface area contributed by atoms with E-state index in [1.165, 1.54) is 44.8 Å². The molecular formula is C29H31Cl6N2RuS-2. The molecule has 0 unspecified atom stereocenters. The fourth-order valence-electron chi connectivity index (χ4n) is 4.67. The predicted molar refractivity (Wildman–Crippen MR) is 175 cm³/mol. The molecule has 0 aromatic heterocycles. The second-order valence-electron chi connectivity index (χ2n) is 9.18. The molecular weight excluding hydrogens is 722 g/mol. The molecule has 0 bridgehead atoms. The molecule has 0 radical (unpaired) electrons. The second kappa shape index (κ2) is 15.8. The van der Waals surface area contributed by atoms with Gasteiger partial charge >= 0.3 is 36.9 Å². The van der Waals surface area contributed by atoms with Crippen LogP contribution < -0.4 is 9.80 Å². The van der Waals surface area contributed by atoms with Crippen LogP contribution in [0.25, 0.3) is 0 Å². The van der Waals surface area contributed by atoms with Crippen LogP contribution in [0.5, 0.6) is 0 Å². The molecule has 1 fully saturated rings. The van der Waals surface area contributed by atoms with Crippen molar-refractivity contribution < 1.29 is 15.7 Å². The van der Waals surface area contributed by atoms with Crippen LogP contribution in [0.1, 0.15) is 40.3 Å². The zero-order valence-corrected chi connectivity index (χ0v) is 29.9. The quantitative estimate of drug-likeness (QED) is 0.0846. The summed E-state index contributed by atoms with van der Waals surface area (Å²) in [6.45, 7) is 19.5. The Morgan fingerprint density at radius 3 is 1.23 bits per heavy atom. The van der Waals surface area contributed by atoms with Gasteiger partial charge in [-0.25, -0.2) is 0 Å². The minimum atomic E-state index is 0.0867. The van der Waals surface area contributed by atoms with Gasteiger partial charge in [0, 0.05) is 34.5 Å². The van der Waals surface area contributed by atoms with Gasteiger partial charge in [-0.2, -0.15) is 6.67 Å². The number of benzene rings is 3. The first kappa shape index (κ1) is 34.9. The Kier molecular flexibility index (Phi) is 14.1. The summed E-state index contributed by atoms with van der Waals surface area (Å²) in [5.74, 6) is 0. The Labute approximate surface area is 275 Å². The average Bonchev–Trinajstić information content (AvgIpc) is 3.33. The summed E-state index contributed by atoms with van der Waals surface area (Å²) in [6.07, 6.45) is 0. The summed E-state index contributed by atoms with van der Waals surface area (Å²) in [5.41, 5.74) is 10.8. The standard InChI is InChI=1S/C21H27N2.C6HCl5S.C2H4.ClH.Ru/c1-14-9-16(3)20(17(4)10-14)22-7-8-23(13-22)21-18(5)11-15(2)12-19(21)6;7-1-2(8)4(10)6(12)5(11)3(1)9;1-2;;/h9-13H,7-8H2,1-6H3;12H;1H,2H3;1H;/q-1;;;;+1/p-2. The van der Waals surface area contributed by atoms with E-state index < -0.39 is 0 Å². The molecule has 0 aliphatic carbocycles.